The van der Waals surface area contributed by atoms with Gasteiger partial charge in [-0.1, -0.05) is 0 Å². The number of amides is 1. The van der Waals surface area contributed by atoms with Crippen LogP contribution in [0.15, 0.2) is 23.8 Å². The summed E-state index contributed by atoms with van der Waals surface area (Å²) >= 11 is 1.40. The number of thiazole rings is 1. The molecule has 0 saturated heterocycles. The molecule has 0 aliphatic carbocycles. The van der Waals surface area contributed by atoms with Crippen LogP contribution in [0.1, 0.15) is 22.3 Å². The van der Waals surface area contributed by atoms with Crippen LogP contribution in [0.25, 0.3) is 0 Å². The number of nitrogens with one attached hydrogen (secondary N) is 2. The van der Waals surface area contributed by atoms with Crippen molar-refractivity contribution in [3.8, 4) is 0 Å². The smallest absolute Gasteiger partial charge is 0.300 e. The number of carbonyl (C=O) groups excluding carboxylic acids is 1. The maximum atomic E-state index is 12.1. The molecule has 1 amide bonds. The number of pyridine rings is 1. The summed E-state index contributed by atoms with van der Waals surface area (Å²) in [6.45, 7) is 2.70. The standard InChI is InChI=1S/C12H13N5O3S/c1-2-13-10-5-8(9(6-15-10)17(19)20)12(18)16-7-11-14-3-4-21-11/h3-6H,2,7H2,1H3,(H,13,15)(H,16,18). The molecule has 0 radical (unpaired) electrons. The van der Waals surface area contributed by atoms with Gasteiger partial charge in [-0.05, 0) is 6.92 Å². The van der Waals surface area contributed by atoms with E-state index in [4.69, 9.17) is 0 Å². The predicted octanol–water partition coefficient (Wildman–Crippen LogP) is 1.81. The topological polar surface area (TPSA) is 110 Å². The highest BCUT2D eigenvalue weighted by Gasteiger charge is 2.21. The lowest BCUT2D eigenvalue weighted by Crippen LogP contribution is -2.24. The van der Waals surface area contributed by atoms with Crippen molar-refractivity contribution in [3.63, 3.8) is 0 Å². The fourth-order valence-corrected chi connectivity index (χ4v) is 2.20. The third kappa shape index (κ3) is 3.72. The Morgan fingerprint density at radius 3 is 2.90 bits per heavy atom. The van der Waals surface area contributed by atoms with Crippen molar-refractivity contribution in [2.24, 2.45) is 0 Å². The van der Waals surface area contributed by atoms with Gasteiger partial charge in [-0.25, -0.2) is 9.97 Å². The molecule has 8 nitrogen and oxygen atoms in total. The summed E-state index contributed by atoms with van der Waals surface area (Å²) in [6.07, 6.45) is 2.71. The summed E-state index contributed by atoms with van der Waals surface area (Å²) in [5.41, 5.74) is -0.351. The lowest BCUT2D eigenvalue weighted by molar-refractivity contribution is -0.385. The van der Waals surface area contributed by atoms with E-state index in [2.05, 4.69) is 20.6 Å². The third-order valence-electron chi connectivity index (χ3n) is 2.57. The molecule has 2 rings (SSSR count). The van der Waals surface area contributed by atoms with Crippen molar-refractivity contribution in [2.75, 3.05) is 11.9 Å². The first-order valence-corrected chi connectivity index (χ1v) is 7.04. The van der Waals surface area contributed by atoms with E-state index in [1.807, 2.05) is 6.92 Å². The summed E-state index contributed by atoms with van der Waals surface area (Å²) in [5.74, 6) is -0.110. The van der Waals surface area contributed by atoms with E-state index in [0.717, 1.165) is 11.2 Å². The van der Waals surface area contributed by atoms with Crippen LogP contribution in [0.3, 0.4) is 0 Å². The maximum Gasteiger partial charge on any atom is 0.300 e. The van der Waals surface area contributed by atoms with Crippen LogP contribution in [0.4, 0.5) is 11.5 Å². The molecule has 0 spiro atoms. The monoisotopic (exact) mass is 307 g/mol. The first-order chi connectivity index (χ1) is 10.1. The van der Waals surface area contributed by atoms with E-state index in [-0.39, 0.29) is 17.8 Å². The molecule has 21 heavy (non-hydrogen) atoms. The van der Waals surface area contributed by atoms with Crippen molar-refractivity contribution in [2.45, 2.75) is 13.5 Å². The largest absolute Gasteiger partial charge is 0.370 e. The number of nitrogens with zero attached hydrogens (tertiary/aromatic N) is 3. The van der Waals surface area contributed by atoms with Crippen LogP contribution in [0, 0.1) is 10.1 Å². The van der Waals surface area contributed by atoms with Crippen molar-refractivity contribution < 1.29 is 9.72 Å². The second kappa shape index (κ2) is 6.75. The fourth-order valence-electron chi connectivity index (χ4n) is 1.64. The first-order valence-electron chi connectivity index (χ1n) is 6.16. The molecule has 0 atom stereocenters. The zero-order chi connectivity index (χ0) is 15.2. The number of rotatable bonds is 6. The number of anilines is 1. The fraction of sp³-hybridized carbons (Fsp3) is 0.250. The number of hydrogen-bond donors (Lipinski definition) is 2. The number of hydrogen-bond acceptors (Lipinski definition) is 7. The molecule has 0 saturated carbocycles. The zero-order valence-corrected chi connectivity index (χ0v) is 12.0. The Kier molecular flexibility index (Phi) is 4.77. The lowest BCUT2D eigenvalue weighted by atomic mass is 10.2. The normalized spacial score (nSPS) is 10.1. The summed E-state index contributed by atoms with van der Waals surface area (Å²) in [5, 5.41) is 19.0. The van der Waals surface area contributed by atoms with Gasteiger partial charge in [0, 0.05) is 24.2 Å². The summed E-state index contributed by atoms with van der Waals surface area (Å²) in [6, 6.07) is 1.37. The summed E-state index contributed by atoms with van der Waals surface area (Å²) in [7, 11) is 0. The Hall–Kier alpha value is -2.55. The van der Waals surface area contributed by atoms with Crippen LogP contribution in [-0.2, 0) is 6.54 Å². The molecule has 2 N–H and O–H groups in total. The highest BCUT2D eigenvalue weighted by molar-refractivity contribution is 7.09. The van der Waals surface area contributed by atoms with Crippen molar-refractivity contribution in [1.82, 2.24) is 15.3 Å². The van der Waals surface area contributed by atoms with E-state index in [1.54, 1.807) is 11.6 Å². The predicted molar refractivity (Wildman–Crippen MR) is 78.3 cm³/mol. The Balaban J connectivity index is 2.20. The molecule has 2 aromatic heterocycles. The van der Waals surface area contributed by atoms with E-state index in [0.29, 0.717) is 12.4 Å². The van der Waals surface area contributed by atoms with Gasteiger partial charge < -0.3 is 10.6 Å². The Morgan fingerprint density at radius 1 is 1.48 bits per heavy atom. The molecular weight excluding hydrogens is 294 g/mol. The number of carbonyl (C=O) groups is 1. The molecule has 0 fully saturated rings. The Bertz CT molecular complexity index is 644. The molecule has 0 aliphatic rings. The molecule has 2 heterocycles. The van der Waals surface area contributed by atoms with Crippen LogP contribution < -0.4 is 10.6 Å². The lowest BCUT2D eigenvalue weighted by Gasteiger charge is -2.07. The minimum atomic E-state index is -0.624. The van der Waals surface area contributed by atoms with Crippen molar-refractivity contribution in [1.29, 1.82) is 0 Å². The second-order valence-corrected chi connectivity index (χ2v) is 4.96. The van der Waals surface area contributed by atoms with Gasteiger partial charge in [0.25, 0.3) is 11.6 Å². The highest BCUT2D eigenvalue weighted by Crippen LogP contribution is 2.20. The molecule has 0 aliphatic heterocycles. The van der Waals surface area contributed by atoms with Crippen LogP contribution in [0.5, 0.6) is 0 Å². The van der Waals surface area contributed by atoms with Gasteiger partial charge in [-0.2, -0.15) is 0 Å². The number of aromatic nitrogens is 2. The van der Waals surface area contributed by atoms with Crippen LogP contribution in [-0.4, -0.2) is 27.3 Å². The van der Waals surface area contributed by atoms with Gasteiger partial charge in [-0.3, -0.25) is 14.9 Å². The zero-order valence-electron chi connectivity index (χ0n) is 11.2. The minimum absolute atomic E-state index is 0.0255. The second-order valence-electron chi connectivity index (χ2n) is 3.98. The van der Waals surface area contributed by atoms with Crippen molar-refractivity contribution >= 4 is 28.7 Å². The van der Waals surface area contributed by atoms with Gasteiger partial charge in [-0.15, -0.1) is 11.3 Å². The minimum Gasteiger partial charge on any atom is -0.370 e. The van der Waals surface area contributed by atoms with Crippen LogP contribution >= 0.6 is 11.3 Å². The molecule has 2 aromatic rings. The summed E-state index contributed by atoms with van der Waals surface area (Å²) < 4.78 is 0. The molecule has 0 bridgehead atoms. The highest BCUT2D eigenvalue weighted by atomic mass is 32.1. The average Bonchev–Trinajstić information content (AvgIpc) is 2.98. The van der Waals surface area contributed by atoms with E-state index >= 15 is 0 Å². The van der Waals surface area contributed by atoms with Gasteiger partial charge in [0.2, 0.25) is 0 Å². The Labute approximate surface area is 124 Å². The Morgan fingerprint density at radius 2 is 2.29 bits per heavy atom. The van der Waals surface area contributed by atoms with Crippen LogP contribution in [0.2, 0.25) is 0 Å². The SMILES string of the molecule is CCNc1cc(C(=O)NCc2nccs2)c([N+](=O)[O-])cn1. The third-order valence-corrected chi connectivity index (χ3v) is 3.35. The van der Waals surface area contributed by atoms with E-state index < -0.39 is 10.8 Å². The van der Waals surface area contributed by atoms with E-state index in [9.17, 15) is 14.9 Å². The van der Waals surface area contributed by atoms with Crippen molar-refractivity contribution in [3.05, 3.63) is 44.5 Å². The molecule has 110 valence electrons. The molecule has 0 unspecified atom stereocenters. The first kappa shape index (κ1) is 14.9. The van der Waals surface area contributed by atoms with Gasteiger partial charge in [0.05, 0.1) is 11.5 Å². The quantitative estimate of drug-likeness (QED) is 0.622. The van der Waals surface area contributed by atoms with Gasteiger partial charge in [0.15, 0.2) is 0 Å². The van der Waals surface area contributed by atoms with E-state index in [1.165, 1.54) is 17.4 Å². The molecule has 0 aromatic carbocycles. The summed E-state index contributed by atoms with van der Waals surface area (Å²) in [4.78, 5) is 30.4. The number of nitro groups is 1. The van der Waals surface area contributed by atoms with Gasteiger partial charge >= 0.3 is 0 Å². The maximum absolute atomic E-state index is 12.1. The molecular formula is C12H13N5O3S. The average molecular weight is 307 g/mol. The van der Waals surface area contributed by atoms with Gasteiger partial charge in [0.1, 0.15) is 22.6 Å². The molecule has 9 heteroatoms.